The van der Waals surface area contributed by atoms with Gasteiger partial charge in [0.05, 0.1) is 0 Å². The first-order valence-electron chi connectivity index (χ1n) is 25.9. The lowest BCUT2D eigenvalue weighted by atomic mass is 9.99. The van der Waals surface area contributed by atoms with E-state index >= 15 is 0 Å². The predicted molar refractivity (Wildman–Crippen MR) is 247 cm³/mol. The molecule has 2 atom stereocenters. The van der Waals surface area contributed by atoms with Gasteiger partial charge in [-0.1, -0.05) is 252 Å². The van der Waals surface area contributed by atoms with E-state index in [1.54, 1.807) is 0 Å². The fourth-order valence-corrected chi connectivity index (χ4v) is 7.83. The summed E-state index contributed by atoms with van der Waals surface area (Å²) in [5.41, 5.74) is 0. The summed E-state index contributed by atoms with van der Waals surface area (Å²) >= 11 is 0. The average molecular weight is 821 g/mol. The standard InChI is InChI=1S/C52H100O6/c1-5-8-10-12-14-16-17-18-19-20-21-22-23-24-25-27-32-36-40-44-51(54)57-47-49(46-56-50(53)43-39-35-31-26-15-13-11-9-6-2)58-52(55)45-41-37-33-29-28-30-34-38-42-48(4)7-3/h48-49H,5-47H2,1-4H3/t48?,49-/m1/s1. The van der Waals surface area contributed by atoms with Crippen molar-refractivity contribution in [2.75, 3.05) is 13.2 Å². The van der Waals surface area contributed by atoms with Crippen molar-refractivity contribution in [2.24, 2.45) is 5.92 Å². The zero-order valence-electron chi connectivity index (χ0n) is 39.5. The molecule has 0 fully saturated rings. The van der Waals surface area contributed by atoms with E-state index in [0.717, 1.165) is 63.7 Å². The third-order valence-electron chi connectivity index (χ3n) is 12.2. The summed E-state index contributed by atoms with van der Waals surface area (Å²) in [4.78, 5) is 37.8. The summed E-state index contributed by atoms with van der Waals surface area (Å²) in [5.74, 6) is -0.00529. The Morgan fingerprint density at radius 2 is 0.603 bits per heavy atom. The maximum atomic E-state index is 12.7. The molecule has 0 aliphatic rings. The van der Waals surface area contributed by atoms with Gasteiger partial charge in [-0.05, 0) is 25.2 Å². The maximum absolute atomic E-state index is 12.7. The Labute approximate surface area is 361 Å². The second-order valence-electron chi connectivity index (χ2n) is 18.1. The Balaban J connectivity index is 4.21. The zero-order valence-corrected chi connectivity index (χ0v) is 39.5. The molecule has 0 aromatic heterocycles. The first-order chi connectivity index (χ1) is 28.4. The SMILES string of the molecule is CCCCCCCCCCCCCCCCCCCCCC(=O)OC[C@@H](COC(=O)CCCCCCCCCCC)OC(=O)CCCCCCCCCCC(C)CC. The summed E-state index contributed by atoms with van der Waals surface area (Å²) in [6, 6.07) is 0. The highest BCUT2D eigenvalue weighted by atomic mass is 16.6. The molecule has 0 aromatic rings. The van der Waals surface area contributed by atoms with Crippen molar-refractivity contribution in [1.29, 1.82) is 0 Å². The molecule has 0 radical (unpaired) electrons. The van der Waals surface area contributed by atoms with Crippen molar-refractivity contribution in [1.82, 2.24) is 0 Å². The van der Waals surface area contributed by atoms with Crippen LogP contribution in [0.25, 0.3) is 0 Å². The summed E-state index contributed by atoms with van der Waals surface area (Å²) in [6.45, 7) is 9.01. The van der Waals surface area contributed by atoms with Gasteiger partial charge in [0, 0.05) is 19.3 Å². The number of esters is 3. The number of carbonyl (C=O) groups is 3. The van der Waals surface area contributed by atoms with Gasteiger partial charge in [-0.25, -0.2) is 0 Å². The molecular formula is C52H100O6. The van der Waals surface area contributed by atoms with Crippen LogP contribution in [0.4, 0.5) is 0 Å². The van der Waals surface area contributed by atoms with Crippen molar-refractivity contribution in [2.45, 2.75) is 297 Å². The molecule has 58 heavy (non-hydrogen) atoms. The van der Waals surface area contributed by atoms with E-state index in [9.17, 15) is 14.4 Å². The molecule has 0 aromatic carbocycles. The number of rotatable bonds is 47. The van der Waals surface area contributed by atoms with E-state index in [4.69, 9.17) is 14.2 Å². The minimum absolute atomic E-state index is 0.0634. The van der Waals surface area contributed by atoms with Crippen molar-refractivity contribution in [3.63, 3.8) is 0 Å². The van der Waals surface area contributed by atoms with Gasteiger partial charge < -0.3 is 14.2 Å². The van der Waals surface area contributed by atoms with Crippen LogP contribution in [0, 0.1) is 5.92 Å². The summed E-state index contributed by atoms with van der Waals surface area (Å²) in [6.07, 6.45) is 48.1. The van der Waals surface area contributed by atoms with Crippen LogP contribution >= 0.6 is 0 Å². The Bertz CT molecular complexity index is 874. The Morgan fingerprint density at radius 1 is 0.345 bits per heavy atom. The predicted octanol–water partition coefficient (Wildman–Crippen LogP) is 16.7. The highest BCUT2D eigenvalue weighted by molar-refractivity contribution is 5.71. The lowest BCUT2D eigenvalue weighted by Crippen LogP contribution is -2.30. The first-order valence-corrected chi connectivity index (χ1v) is 25.9. The highest BCUT2D eigenvalue weighted by Crippen LogP contribution is 2.17. The molecule has 0 N–H and O–H groups in total. The summed E-state index contributed by atoms with van der Waals surface area (Å²) < 4.78 is 16.8. The van der Waals surface area contributed by atoms with Crippen LogP contribution < -0.4 is 0 Å². The van der Waals surface area contributed by atoms with E-state index < -0.39 is 6.10 Å². The van der Waals surface area contributed by atoms with Crippen molar-refractivity contribution < 1.29 is 28.6 Å². The van der Waals surface area contributed by atoms with Gasteiger partial charge in [0.1, 0.15) is 13.2 Å². The molecule has 0 aliphatic heterocycles. The van der Waals surface area contributed by atoms with Gasteiger partial charge in [0.15, 0.2) is 6.10 Å². The van der Waals surface area contributed by atoms with E-state index in [0.29, 0.717) is 19.3 Å². The smallest absolute Gasteiger partial charge is 0.306 e. The normalized spacial score (nSPS) is 12.4. The van der Waals surface area contributed by atoms with Gasteiger partial charge in [-0.3, -0.25) is 14.4 Å². The van der Waals surface area contributed by atoms with Crippen molar-refractivity contribution in [3.05, 3.63) is 0 Å². The molecule has 0 rings (SSSR count). The Kier molecular flexibility index (Phi) is 45.2. The molecule has 0 bridgehead atoms. The third-order valence-corrected chi connectivity index (χ3v) is 12.2. The molecule has 6 heteroatoms. The van der Waals surface area contributed by atoms with Gasteiger partial charge >= 0.3 is 17.9 Å². The van der Waals surface area contributed by atoms with Crippen LogP contribution in [0.1, 0.15) is 291 Å². The number of unbranched alkanes of at least 4 members (excludes halogenated alkanes) is 33. The summed E-state index contributed by atoms with van der Waals surface area (Å²) in [7, 11) is 0. The quantitative estimate of drug-likeness (QED) is 0.0346. The van der Waals surface area contributed by atoms with Gasteiger partial charge in [0.2, 0.25) is 0 Å². The molecule has 1 unspecified atom stereocenters. The highest BCUT2D eigenvalue weighted by Gasteiger charge is 2.19. The molecule has 0 saturated heterocycles. The van der Waals surface area contributed by atoms with Crippen LogP contribution in [-0.2, 0) is 28.6 Å². The molecule has 0 aliphatic carbocycles. The molecule has 0 spiro atoms. The van der Waals surface area contributed by atoms with Crippen LogP contribution in [0.2, 0.25) is 0 Å². The fourth-order valence-electron chi connectivity index (χ4n) is 7.83. The van der Waals surface area contributed by atoms with E-state index in [1.807, 2.05) is 0 Å². The molecule has 0 saturated carbocycles. The Hall–Kier alpha value is -1.59. The van der Waals surface area contributed by atoms with E-state index in [1.165, 1.54) is 186 Å². The lowest BCUT2D eigenvalue weighted by molar-refractivity contribution is -0.167. The third kappa shape index (κ3) is 44.0. The molecule has 6 nitrogen and oxygen atoms in total. The number of hydrogen-bond donors (Lipinski definition) is 0. The summed E-state index contributed by atoms with van der Waals surface area (Å²) in [5, 5.41) is 0. The second kappa shape index (κ2) is 46.5. The van der Waals surface area contributed by atoms with Crippen LogP contribution in [0.15, 0.2) is 0 Å². The van der Waals surface area contributed by atoms with Crippen LogP contribution in [0.3, 0.4) is 0 Å². The first kappa shape index (κ1) is 56.4. The zero-order chi connectivity index (χ0) is 42.4. The average Bonchev–Trinajstić information content (AvgIpc) is 3.22. The molecule has 0 amide bonds. The number of carbonyl (C=O) groups excluding carboxylic acids is 3. The largest absolute Gasteiger partial charge is 0.462 e. The van der Waals surface area contributed by atoms with Gasteiger partial charge in [0.25, 0.3) is 0 Å². The number of hydrogen-bond acceptors (Lipinski definition) is 6. The lowest BCUT2D eigenvalue weighted by Gasteiger charge is -2.18. The van der Waals surface area contributed by atoms with E-state index in [2.05, 4.69) is 27.7 Å². The van der Waals surface area contributed by atoms with Crippen LogP contribution in [0.5, 0.6) is 0 Å². The topological polar surface area (TPSA) is 78.9 Å². The van der Waals surface area contributed by atoms with Gasteiger partial charge in [-0.2, -0.15) is 0 Å². The van der Waals surface area contributed by atoms with E-state index in [-0.39, 0.29) is 31.1 Å². The van der Waals surface area contributed by atoms with Crippen molar-refractivity contribution in [3.8, 4) is 0 Å². The monoisotopic (exact) mass is 821 g/mol. The minimum Gasteiger partial charge on any atom is -0.462 e. The number of ether oxygens (including phenoxy) is 3. The van der Waals surface area contributed by atoms with Crippen molar-refractivity contribution >= 4 is 17.9 Å². The fraction of sp³-hybridized carbons (Fsp3) is 0.942. The molecule has 0 heterocycles. The second-order valence-corrected chi connectivity index (χ2v) is 18.1. The van der Waals surface area contributed by atoms with Crippen LogP contribution in [-0.4, -0.2) is 37.2 Å². The maximum Gasteiger partial charge on any atom is 0.306 e. The van der Waals surface area contributed by atoms with Gasteiger partial charge in [-0.15, -0.1) is 0 Å². The Morgan fingerprint density at radius 3 is 0.897 bits per heavy atom. The minimum atomic E-state index is -0.760. The molecule has 344 valence electrons. The molecular weight excluding hydrogens is 721 g/mol.